The molecule has 0 aliphatic carbocycles. The van der Waals surface area contributed by atoms with Crippen LogP contribution in [-0.2, 0) is 10.0 Å². The molecule has 9 nitrogen and oxygen atoms in total. The van der Waals surface area contributed by atoms with Crippen molar-refractivity contribution in [2.45, 2.75) is 38.6 Å². The molecule has 192 valence electrons. The highest BCUT2D eigenvalue weighted by Gasteiger charge is 2.33. The molecule has 1 N–H and O–H groups in total. The minimum atomic E-state index is -3.59. The fourth-order valence-corrected chi connectivity index (χ4v) is 6.03. The number of hydrogen-bond acceptors (Lipinski definition) is 6. The van der Waals surface area contributed by atoms with Crippen LogP contribution in [0, 0.1) is 5.92 Å². The number of sulfonamides is 1. The highest BCUT2D eigenvalue weighted by Crippen LogP contribution is 2.35. The van der Waals surface area contributed by atoms with Crippen molar-refractivity contribution in [2.75, 3.05) is 35.5 Å². The summed E-state index contributed by atoms with van der Waals surface area (Å²) in [5.74, 6) is 1.18. The number of anilines is 2. The van der Waals surface area contributed by atoms with E-state index in [4.69, 9.17) is 28.3 Å². The largest absolute Gasteiger partial charge is 0.356 e. The fraction of sp³-hybridized carbons (Fsp3) is 0.458. The molecule has 0 spiro atoms. The van der Waals surface area contributed by atoms with Gasteiger partial charge in [0.15, 0.2) is 5.65 Å². The molecule has 2 fully saturated rings. The Morgan fingerprint density at radius 2 is 1.92 bits per heavy atom. The highest BCUT2D eigenvalue weighted by molar-refractivity contribution is 7.92. The summed E-state index contributed by atoms with van der Waals surface area (Å²) in [6.07, 6.45) is 4.66. The van der Waals surface area contributed by atoms with Crippen molar-refractivity contribution < 1.29 is 13.2 Å². The normalized spacial score (nSPS) is 20.8. The summed E-state index contributed by atoms with van der Waals surface area (Å²) >= 11 is 12.6. The van der Waals surface area contributed by atoms with Crippen LogP contribution in [-0.4, -0.2) is 59.7 Å². The third kappa shape index (κ3) is 5.12. The Hall–Kier alpha value is -2.56. The van der Waals surface area contributed by atoms with Gasteiger partial charge in [0.1, 0.15) is 11.0 Å². The molecular formula is C24H28Cl2N6O3S. The van der Waals surface area contributed by atoms with Crippen molar-refractivity contribution in [1.29, 1.82) is 0 Å². The minimum absolute atomic E-state index is 0.199. The molecule has 0 saturated carbocycles. The standard InChI is InChI=1S/C24H28Cl2N6O3S/c1-15-8-10-30(14-15)23-13-21(26)27-22-12-19(28-32(22)23)20-5-3-4-9-31(20)24(33)17-11-16(25)6-7-18(17)29-36(2,34)35/h6-7,11-13,15,20,29H,3-5,8-10,14H2,1-2H3/t15?,20-/m0/s1. The van der Waals surface area contributed by atoms with E-state index in [0.717, 1.165) is 56.5 Å². The Morgan fingerprint density at radius 1 is 1.11 bits per heavy atom. The summed E-state index contributed by atoms with van der Waals surface area (Å²) in [6, 6.07) is 8.00. The molecule has 1 unspecified atom stereocenters. The first kappa shape index (κ1) is 25.1. The number of aromatic nitrogens is 3. The van der Waals surface area contributed by atoms with Gasteiger partial charge < -0.3 is 9.80 Å². The van der Waals surface area contributed by atoms with Gasteiger partial charge in [0.25, 0.3) is 5.91 Å². The molecule has 4 heterocycles. The molecule has 2 aliphatic rings. The van der Waals surface area contributed by atoms with E-state index in [2.05, 4.69) is 21.5 Å². The quantitative estimate of drug-likeness (QED) is 0.465. The Kier molecular flexibility index (Phi) is 6.78. The summed E-state index contributed by atoms with van der Waals surface area (Å²) in [5.41, 5.74) is 1.76. The Bertz CT molecular complexity index is 1430. The number of halogens is 2. The van der Waals surface area contributed by atoms with E-state index in [1.54, 1.807) is 11.0 Å². The lowest BCUT2D eigenvalue weighted by molar-refractivity contribution is 0.0607. The zero-order valence-corrected chi connectivity index (χ0v) is 22.4. The van der Waals surface area contributed by atoms with Crippen molar-refractivity contribution in [2.24, 2.45) is 5.92 Å². The number of fused-ring (bicyclic) bond motifs is 1. The van der Waals surface area contributed by atoms with Crippen LogP contribution >= 0.6 is 23.2 Å². The number of hydrogen-bond donors (Lipinski definition) is 1. The Labute approximate surface area is 220 Å². The molecule has 0 bridgehead atoms. The number of nitrogens with zero attached hydrogens (tertiary/aromatic N) is 5. The predicted octanol–water partition coefficient (Wildman–Crippen LogP) is 4.62. The first-order valence-electron chi connectivity index (χ1n) is 12.0. The molecule has 1 aromatic carbocycles. The van der Waals surface area contributed by atoms with Gasteiger partial charge in [-0.15, -0.1) is 0 Å². The Balaban J connectivity index is 1.53. The average molecular weight is 552 g/mol. The van der Waals surface area contributed by atoms with Crippen molar-refractivity contribution in [1.82, 2.24) is 19.5 Å². The fourth-order valence-electron chi connectivity index (χ4n) is 5.10. The minimum Gasteiger partial charge on any atom is -0.356 e. The molecule has 5 rings (SSSR count). The maximum Gasteiger partial charge on any atom is 0.256 e. The van der Waals surface area contributed by atoms with E-state index in [-0.39, 0.29) is 23.2 Å². The van der Waals surface area contributed by atoms with E-state index < -0.39 is 10.0 Å². The van der Waals surface area contributed by atoms with Gasteiger partial charge in [-0.3, -0.25) is 9.52 Å². The summed E-state index contributed by atoms with van der Waals surface area (Å²) in [4.78, 5) is 22.3. The summed E-state index contributed by atoms with van der Waals surface area (Å²) in [6.45, 7) is 4.59. The number of benzene rings is 1. The lowest BCUT2D eigenvalue weighted by Gasteiger charge is -2.35. The maximum atomic E-state index is 13.8. The molecule has 2 atom stereocenters. The summed E-state index contributed by atoms with van der Waals surface area (Å²) in [7, 11) is -3.59. The van der Waals surface area contributed by atoms with Gasteiger partial charge in [0.2, 0.25) is 10.0 Å². The molecule has 12 heteroatoms. The number of carbonyl (C=O) groups excluding carboxylic acids is 1. The second kappa shape index (κ2) is 9.72. The van der Waals surface area contributed by atoms with Crippen molar-refractivity contribution >= 4 is 56.3 Å². The first-order chi connectivity index (χ1) is 17.1. The number of piperidine rings is 1. The van der Waals surface area contributed by atoms with E-state index in [1.165, 1.54) is 12.1 Å². The van der Waals surface area contributed by atoms with Crippen LogP contribution < -0.4 is 9.62 Å². The SMILES string of the molecule is CC1CCN(c2cc(Cl)nc3cc([C@@H]4CCCCN4C(=O)c4cc(Cl)ccc4NS(C)(=O)=O)nn23)C1. The molecular weight excluding hydrogens is 523 g/mol. The second-order valence-corrected chi connectivity index (χ2v) is 12.3. The van der Waals surface area contributed by atoms with Gasteiger partial charge in [0, 0.05) is 36.8 Å². The number of rotatable bonds is 5. The topological polar surface area (TPSA) is 99.9 Å². The van der Waals surface area contributed by atoms with Gasteiger partial charge >= 0.3 is 0 Å². The van der Waals surface area contributed by atoms with Crippen molar-refractivity contribution in [3.8, 4) is 0 Å². The molecule has 2 aromatic heterocycles. The van der Waals surface area contributed by atoms with Gasteiger partial charge in [0.05, 0.1) is 29.2 Å². The zero-order valence-electron chi connectivity index (χ0n) is 20.1. The smallest absolute Gasteiger partial charge is 0.256 e. The van der Waals surface area contributed by atoms with Crippen LogP contribution in [0.2, 0.25) is 10.2 Å². The number of carbonyl (C=O) groups is 1. The third-order valence-electron chi connectivity index (χ3n) is 6.76. The summed E-state index contributed by atoms with van der Waals surface area (Å²) in [5, 5.41) is 5.64. The average Bonchev–Trinajstić information content (AvgIpc) is 3.44. The highest BCUT2D eigenvalue weighted by atomic mass is 35.5. The van der Waals surface area contributed by atoms with Crippen LogP contribution in [0.3, 0.4) is 0 Å². The Morgan fingerprint density at radius 3 is 2.64 bits per heavy atom. The molecule has 36 heavy (non-hydrogen) atoms. The van der Waals surface area contributed by atoms with Crippen LogP contribution in [0.25, 0.3) is 5.65 Å². The number of nitrogens with one attached hydrogen (secondary N) is 1. The van der Waals surface area contributed by atoms with Gasteiger partial charge in [-0.1, -0.05) is 30.1 Å². The van der Waals surface area contributed by atoms with Crippen LogP contribution in [0.4, 0.5) is 11.5 Å². The van der Waals surface area contributed by atoms with E-state index >= 15 is 0 Å². The van der Waals surface area contributed by atoms with E-state index in [9.17, 15) is 13.2 Å². The van der Waals surface area contributed by atoms with E-state index in [1.807, 2.05) is 16.6 Å². The van der Waals surface area contributed by atoms with Crippen molar-refractivity contribution in [3.05, 3.63) is 51.8 Å². The zero-order chi connectivity index (χ0) is 25.6. The third-order valence-corrected chi connectivity index (χ3v) is 7.78. The van der Waals surface area contributed by atoms with Gasteiger partial charge in [-0.05, 0) is 49.8 Å². The van der Waals surface area contributed by atoms with Crippen molar-refractivity contribution in [3.63, 3.8) is 0 Å². The van der Waals surface area contributed by atoms with Gasteiger partial charge in [-0.2, -0.15) is 9.61 Å². The predicted molar refractivity (Wildman–Crippen MR) is 142 cm³/mol. The monoisotopic (exact) mass is 550 g/mol. The molecule has 3 aromatic rings. The van der Waals surface area contributed by atoms with Crippen LogP contribution in [0.15, 0.2) is 30.3 Å². The van der Waals surface area contributed by atoms with Crippen LogP contribution in [0.1, 0.15) is 54.7 Å². The first-order valence-corrected chi connectivity index (χ1v) is 14.6. The molecule has 1 amide bonds. The summed E-state index contributed by atoms with van der Waals surface area (Å²) < 4.78 is 28.1. The molecule has 2 aliphatic heterocycles. The number of amides is 1. The maximum absolute atomic E-state index is 13.8. The second-order valence-electron chi connectivity index (χ2n) is 9.69. The lowest BCUT2D eigenvalue weighted by Crippen LogP contribution is -2.39. The number of likely N-dealkylation sites (tertiary alicyclic amines) is 1. The molecule has 0 radical (unpaired) electrons. The lowest BCUT2D eigenvalue weighted by atomic mass is 9.98. The van der Waals surface area contributed by atoms with E-state index in [0.29, 0.717) is 28.3 Å². The van der Waals surface area contributed by atoms with Crippen LogP contribution in [0.5, 0.6) is 0 Å². The van der Waals surface area contributed by atoms with Gasteiger partial charge in [-0.25, -0.2) is 13.4 Å². The molecule has 2 saturated heterocycles.